The molecule has 124 valence electrons. The molecule has 0 unspecified atom stereocenters. The van der Waals surface area contributed by atoms with Gasteiger partial charge in [0.05, 0.1) is 12.1 Å². The molecule has 0 saturated carbocycles. The third-order valence-corrected chi connectivity index (χ3v) is 3.26. The van der Waals surface area contributed by atoms with Crippen LogP contribution in [0.5, 0.6) is 5.75 Å². The van der Waals surface area contributed by atoms with E-state index in [-0.39, 0.29) is 23.2 Å². The van der Waals surface area contributed by atoms with Gasteiger partial charge in [-0.1, -0.05) is 12.1 Å². The van der Waals surface area contributed by atoms with Crippen LogP contribution in [0.1, 0.15) is 26.4 Å². The predicted molar refractivity (Wildman–Crippen MR) is 82.2 cm³/mol. The molecule has 9 nitrogen and oxygen atoms in total. The zero-order chi connectivity index (χ0) is 17.7. The molecular weight excluding hydrogens is 317 g/mol. The highest BCUT2D eigenvalue weighted by atomic mass is 16.4. The quantitative estimate of drug-likeness (QED) is 0.433. The second kappa shape index (κ2) is 7.53. The number of carbonyl (C=O) groups is 2. The number of carboxylic acid groups (broad SMARTS) is 1. The lowest BCUT2D eigenvalue weighted by Crippen LogP contribution is -2.48. The standard InChI is InChI=1S/C14H14BN3O6/c19-12-8(2-1-3-9(12)14(21)22)6-11(15(23)24)18-13(20)10-7-16-4-5-17-10/h1-5,7,11,19,23-24H,6H2,(H,18,20)(H,21,22)/t11-/m0/s1. The molecule has 1 aromatic heterocycles. The Kier molecular flexibility index (Phi) is 5.45. The summed E-state index contributed by atoms with van der Waals surface area (Å²) in [5.41, 5.74) is -0.196. The van der Waals surface area contributed by atoms with Gasteiger partial charge in [-0.3, -0.25) is 9.78 Å². The lowest BCUT2D eigenvalue weighted by atomic mass is 9.75. The molecule has 0 aliphatic rings. The molecule has 0 spiro atoms. The molecule has 2 rings (SSSR count). The number of aromatic hydroxyl groups is 1. The Morgan fingerprint density at radius 1 is 1.25 bits per heavy atom. The number of hydrogen-bond donors (Lipinski definition) is 5. The number of rotatable bonds is 6. The second-order valence-corrected chi connectivity index (χ2v) is 4.91. The minimum Gasteiger partial charge on any atom is -0.507 e. The molecule has 0 aliphatic heterocycles. The van der Waals surface area contributed by atoms with Gasteiger partial charge in [-0.25, -0.2) is 9.78 Å². The van der Waals surface area contributed by atoms with Crippen molar-refractivity contribution < 1.29 is 29.9 Å². The van der Waals surface area contributed by atoms with Gasteiger partial charge in [0, 0.05) is 12.4 Å². The van der Waals surface area contributed by atoms with Crippen molar-refractivity contribution in [3.05, 3.63) is 53.6 Å². The summed E-state index contributed by atoms with van der Waals surface area (Å²) >= 11 is 0. The SMILES string of the molecule is O=C(N[C@@H](Cc1cccc(C(=O)O)c1O)B(O)O)c1cnccn1. The minimum absolute atomic E-state index is 0.0216. The highest BCUT2D eigenvalue weighted by molar-refractivity contribution is 6.43. The molecular formula is C14H14BN3O6. The first kappa shape index (κ1) is 17.4. The summed E-state index contributed by atoms with van der Waals surface area (Å²) in [4.78, 5) is 30.6. The van der Waals surface area contributed by atoms with Crippen molar-refractivity contribution in [1.82, 2.24) is 15.3 Å². The first-order valence-corrected chi connectivity index (χ1v) is 6.87. The monoisotopic (exact) mass is 331 g/mol. The second-order valence-electron chi connectivity index (χ2n) is 4.91. The van der Waals surface area contributed by atoms with Crippen molar-refractivity contribution in [2.75, 3.05) is 0 Å². The van der Waals surface area contributed by atoms with E-state index in [2.05, 4.69) is 15.3 Å². The normalized spacial score (nSPS) is 11.6. The Bertz CT molecular complexity index is 741. The van der Waals surface area contributed by atoms with E-state index in [4.69, 9.17) is 5.11 Å². The maximum absolute atomic E-state index is 12.0. The van der Waals surface area contributed by atoms with Crippen molar-refractivity contribution >= 4 is 19.0 Å². The fourth-order valence-corrected chi connectivity index (χ4v) is 2.06. The van der Waals surface area contributed by atoms with E-state index in [1.807, 2.05) is 0 Å². The van der Waals surface area contributed by atoms with Crippen molar-refractivity contribution in [1.29, 1.82) is 0 Å². The van der Waals surface area contributed by atoms with Gasteiger partial charge in [0.25, 0.3) is 5.91 Å². The number of carboxylic acids is 1. The molecule has 1 amide bonds. The third kappa shape index (κ3) is 4.06. The van der Waals surface area contributed by atoms with Crippen LogP contribution in [0.15, 0.2) is 36.8 Å². The van der Waals surface area contributed by atoms with E-state index in [9.17, 15) is 24.7 Å². The lowest BCUT2D eigenvalue weighted by molar-refractivity contribution is 0.0693. The summed E-state index contributed by atoms with van der Waals surface area (Å²) in [7, 11) is -1.93. The maximum Gasteiger partial charge on any atom is 0.475 e. The first-order chi connectivity index (χ1) is 11.4. The van der Waals surface area contributed by atoms with E-state index >= 15 is 0 Å². The fourth-order valence-electron chi connectivity index (χ4n) is 2.06. The Labute approximate surface area is 136 Å². The summed E-state index contributed by atoms with van der Waals surface area (Å²) in [6.07, 6.45) is 3.70. The van der Waals surface area contributed by atoms with Gasteiger partial charge < -0.3 is 25.6 Å². The Hall–Kier alpha value is -2.98. The van der Waals surface area contributed by atoms with Crippen molar-refractivity contribution in [3.63, 3.8) is 0 Å². The average molecular weight is 331 g/mol. The molecule has 1 atom stereocenters. The van der Waals surface area contributed by atoms with Gasteiger partial charge in [0.1, 0.15) is 17.0 Å². The number of carbonyl (C=O) groups excluding carboxylic acids is 1. The molecule has 0 saturated heterocycles. The number of nitrogens with zero attached hydrogens (tertiary/aromatic N) is 2. The van der Waals surface area contributed by atoms with Gasteiger partial charge in [-0.2, -0.15) is 0 Å². The van der Waals surface area contributed by atoms with Crippen LogP contribution >= 0.6 is 0 Å². The summed E-state index contributed by atoms with van der Waals surface area (Å²) < 4.78 is 0. The van der Waals surface area contributed by atoms with E-state index in [0.29, 0.717) is 0 Å². The van der Waals surface area contributed by atoms with Crippen molar-refractivity contribution in [3.8, 4) is 5.75 Å². The van der Waals surface area contributed by atoms with Crippen LogP contribution in [0.4, 0.5) is 0 Å². The zero-order valence-electron chi connectivity index (χ0n) is 12.3. The molecule has 0 radical (unpaired) electrons. The number of para-hydroxylation sites is 1. The van der Waals surface area contributed by atoms with Crippen LogP contribution in [0, 0.1) is 0 Å². The fraction of sp³-hybridized carbons (Fsp3) is 0.143. The lowest BCUT2D eigenvalue weighted by Gasteiger charge is -2.18. The van der Waals surface area contributed by atoms with Crippen LogP contribution in [-0.4, -0.2) is 55.2 Å². The molecule has 1 aromatic carbocycles. The number of amides is 1. The van der Waals surface area contributed by atoms with Crippen molar-refractivity contribution in [2.24, 2.45) is 0 Å². The van der Waals surface area contributed by atoms with Gasteiger partial charge in [-0.05, 0) is 18.1 Å². The summed E-state index contributed by atoms with van der Waals surface area (Å²) in [6, 6.07) is 4.04. The van der Waals surface area contributed by atoms with E-state index in [0.717, 1.165) is 0 Å². The minimum atomic E-state index is -1.93. The highest BCUT2D eigenvalue weighted by Crippen LogP contribution is 2.24. The molecule has 1 heterocycles. The first-order valence-electron chi connectivity index (χ1n) is 6.87. The topological polar surface area (TPSA) is 153 Å². The smallest absolute Gasteiger partial charge is 0.475 e. The summed E-state index contributed by atoms with van der Waals surface area (Å²) in [5.74, 6) is -3.69. The number of benzene rings is 1. The Balaban J connectivity index is 2.19. The summed E-state index contributed by atoms with van der Waals surface area (Å²) in [6.45, 7) is 0. The summed E-state index contributed by atoms with van der Waals surface area (Å²) in [5, 5.41) is 40.2. The number of nitrogens with one attached hydrogen (secondary N) is 1. The number of aromatic carboxylic acids is 1. The molecule has 0 bridgehead atoms. The van der Waals surface area contributed by atoms with Crippen molar-refractivity contribution in [2.45, 2.75) is 12.4 Å². The molecule has 0 fully saturated rings. The van der Waals surface area contributed by atoms with Crippen LogP contribution in [-0.2, 0) is 6.42 Å². The predicted octanol–water partition coefficient (Wildman–Crippen LogP) is -0.767. The van der Waals surface area contributed by atoms with Crippen LogP contribution in [0.3, 0.4) is 0 Å². The van der Waals surface area contributed by atoms with Gasteiger partial charge in [-0.15, -0.1) is 0 Å². The van der Waals surface area contributed by atoms with Crippen LogP contribution < -0.4 is 5.32 Å². The molecule has 0 aliphatic carbocycles. The zero-order valence-corrected chi connectivity index (χ0v) is 12.3. The Morgan fingerprint density at radius 3 is 2.58 bits per heavy atom. The number of aromatic nitrogens is 2. The van der Waals surface area contributed by atoms with E-state index < -0.39 is 30.7 Å². The number of hydrogen-bond acceptors (Lipinski definition) is 7. The molecule has 10 heteroatoms. The largest absolute Gasteiger partial charge is 0.507 e. The Morgan fingerprint density at radius 2 is 2.00 bits per heavy atom. The van der Waals surface area contributed by atoms with E-state index in [1.165, 1.54) is 36.8 Å². The average Bonchev–Trinajstić information content (AvgIpc) is 2.56. The van der Waals surface area contributed by atoms with Gasteiger partial charge >= 0.3 is 13.1 Å². The molecule has 2 aromatic rings. The number of phenols is 1. The maximum atomic E-state index is 12.0. The van der Waals surface area contributed by atoms with Gasteiger partial charge in [0.15, 0.2) is 0 Å². The van der Waals surface area contributed by atoms with Gasteiger partial charge in [0.2, 0.25) is 0 Å². The third-order valence-electron chi connectivity index (χ3n) is 3.26. The highest BCUT2D eigenvalue weighted by Gasteiger charge is 2.28. The molecule has 24 heavy (non-hydrogen) atoms. The van der Waals surface area contributed by atoms with Crippen LogP contribution in [0.25, 0.3) is 0 Å². The van der Waals surface area contributed by atoms with E-state index in [1.54, 1.807) is 0 Å². The molecule has 5 N–H and O–H groups in total. The van der Waals surface area contributed by atoms with Crippen LogP contribution in [0.2, 0.25) is 0 Å².